The van der Waals surface area contributed by atoms with E-state index in [0.29, 0.717) is 22.7 Å². The predicted molar refractivity (Wildman–Crippen MR) is 100 cm³/mol. The highest BCUT2D eigenvalue weighted by Crippen LogP contribution is 2.23. The van der Waals surface area contributed by atoms with Crippen molar-refractivity contribution >= 4 is 28.4 Å². The van der Waals surface area contributed by atoms with Gasteiger partial charge in [-0.2, -0.15) is 10.2 Å². The van der Waals surface area contributed by atoms with Gasteiger partial charge in [-0.05, 0) is 36.6 Å². The highest BCUT2D eigenvalue weighted by Gasteiger charge is 2.15. The van der Waals surface area contributed by atoms with Crippen LogP contribution in [-0.2, 0) is 11.2 Å². The Balaban J connectivity index is 1.63. The fourth-order valence-corrected chi connectivity index (χ4v) is 3.29. The van der Waals surface area contributed by atoms with Gasteiger partial charge in [-0.15, -0.1) is 11.3 Å². The zero-order valence-corrected chi connectivity index (χ0v) is 14.7. The van der Waals surface area contributed by atoms with Gasteiger partial charge in [0, 0.05) is 5.69 Å². The van der Waals surface area contributed by atoms with Gasteiger partial charge < -0.3 is 5.32 Å². The maximum atomic E-state index is 12.3. The van der Waals surface area contributed by atoms with E-state index in [2.05, 4.69) is 20.6 Å². The molecule has 0 aliphatic carbocycles. The van der Waals surface area contributed by atoms with Crippen LogP contribution in [0.3, 0.4) is 0 Å². The van der Waals surface area contributed by atoms with Crippen molar-refractivity contribution in [1.29, 1.82) is 0 Å². The molecule has 0 radical (unpaired) electrons. The summed E-state index contributed by atoms with van der Waals surface area (Å²) in [7, 11) is 0. The summed E-state index contributed by atoms with van der Waals surface area (Å²) in [6.45, 7) is 1.98. The first-order chi connectivity index (χ1) is 12.6. The summed E-state index contributed by atoms with van der Waals surface area (Å²) in [5, 5.41) is 15.7. The Morgan fingerprint density at radius 1 is 1.27 bits per heavy atom. The molecule has 0 aliphatic rings. The fraction of sp³-hybridized carbons (Fsp3) is 0.111. The molecule has 0 aliphatic heterocycles. The molecule has 2 N–H and O–H groups in total. The van der Waals surface area contributed by atoms with Crippen molar-refractivity contribution < 1.29 is 4.79 Å². The number of rotatable bonds is 4. The van der Waals surface area contributed by atoms with Crippen LogP contribution in [0.15, 0.2) is 52.6 Å². The van der Waals surface area contributed by atoms with E-state index in [4.69, 9.17) is 0 Å². The number of benzene rings is 1. The van der Waals surface area contributed by atoms with Gasteiger partial charge in [-0.25, -0.2) is 9.61 Å². The number of nitrogens with zero attached hydrogens (tertiary/aromatic N) is 3. The number of H-pyrrole nitrogens is 1. The van der Waals surface area contributed by atoms with E-state index in [9.17, 15) is 9.59 Å². The van der Waals surface area contributed by atoms with E-state index in [0.717, 1.165) is 10.4 Å². The minimum absolute atomic E-state index is 0.00723. The molecule has 130 valence electrons. The fourth-order valence-electron chi connectivity index (χ4n) is 2.60. The Morgan fingerprint density at radius 2 is 2.08 bits per heavy atom. The van der Waals surface area contributed by atoms with Gasteiger partial charge in [-0.1, -0.05) is 23.8 Å². The van der Waals surface area contributed by atoms with E-state index < -0.39 is 0 Å². The number of aromatic nitrogens is 4. The van der Waals surface area contributed by atoms with Crippen molar-refractivity contribution in [2.24, 2.45) is 0 Å². The molecular formula is C18H15N5O2S. The lowest BCUT2D eigenvalue weighted by Crippen LogP contribution is -2.22. The summed E-state index contributed by atoms with van der Waals surface area (Å²) in [5.74, 6) is 0.134. The lowest BCUT2D eigenvalue weighted by Gasteiger charge is -2.06. The van der Waals surface area contributed by atoms with Gasteiger partial charge in [0.25, 0.3) is 5.56 Å². The van der Waals surface area contributed by atoms with Gasteiger partial charge in [-0.3, -0.25) is 9.59 Å². The third-order valence-electron chi connectivity index (χ3n) is 3.90. The van der Waals surface area contributed by atoms with Gasteiger partial charge in [0.15, 0.2) is 5.82 Å². The molecule has 1 aromatic carbocycles. The van der Waals surface area contributed by atoms with Gasteiger partial charge >= 0.3 is 0 Å². The molecule has 7 nitrogen and oxygen atoms in total. The van der Waals surface area contributed by atoms with Crippen LogP contribution in [0.1, 0.15) is 11.4 Å². The Labute approximate surface area is 152 Å². The number of carbonyl (C=O) groups excluding carboxylic acids is 1. The number of anilines is 1. The Morgan fingerprint density at radius 3 is 2.81 bits per heavy atom. The van der Waals surface area contributed by atoms with E-state index in [1.165, 1.54) is 15.9 Å². The van der Waals surface area contributed by atoms with E-state index in [1.54, 1.807) is 6.07 Å². The molecule has 0 atom stereocenters. The van der Waals surface area contributed by atoms with Crippen molar-refractivity contribution in [1.82, 2.24) is 19.8 Å². The number of amides is 1. The molecular weight excluding hydrogens is 350 g/mol. The summed E-state index contributed by atoms with van der Waals surface area (Å²) in [5.41, 5.74) is 2.52. The minimum atomic E-state index is -0.344. The average Bonchev–Trinajstić information content (AvgIpc) is 3.29. The van der Waals surface area contributed by atoms with Crippen LogP contribution in [0.25, 0.3) is 16.1 Å². The summed E-state index contributed by atoms with van der Waals surface area (Å²) in [6, 6.07) is 13.1. The number of hydrogen-bond donors (Lipinski definition) is 2. The zero-order chi connectivity index (χ0) is 18.1. The highest BCUT2D eigenvalue weighted by molar-refractivity contribution is 7.13. The second kappa shape index (κ2) is 6.57. The molecule has 0 spiro atoms. The second-order valence-corrected chi connectivity index (χ2v) is 6.81. The summed E-state index contributed by atoms with van der Waals surface area (Å²) >= 11 is 1.53. The van der Waals surface area contributed by atoms with E-state index in [-0.39, 0.29) is 17.9 Å². The molecule has 4 aromatic rings. The molecule has 8 heteroatoms. The maximum Gasteiger partial charge on any atom is 0.290 e. The van der Waals surface area contributed by atoms with E-state index in [1.807, 2.05) is 48.7 Å². The lowest BCUT2D eigenvalue weighted by atomic mass is 10.2. The number of aromatic amines is 1. The molecule has 1 amide bonds. The van der Waals surface area contributed by atoms with Crippen molar-refractivity contribution in [3.63, 3.8) is 0 Å². The SMILES string of the molecule is Cc1ccc(NC(=O)Cc2n[nH]c(=O)c3cc(-c4cccs4)nn23)cc1. The van der Waals surface area contributed by atoms with Crippen LogP contribution in [0.4, 0.5) is 5.69 Å². The number of aryl methyl sites for hydroxylation is 1. The maximum absolute atomic E-state index is 12.3. The molecule has 0 saturated carbocycles. The molecule has 0 unspecified atom stereocenters. The Hall–Kier alpha value is -3.26. The average molecular weight is 365 g/mol. The van der Waals surface area contributed by atoms with Gasteiger partial charge in [0.05, 0.1) is 11.3 Å². The summed E-state index contributed by atoms with van der Waals surface area (Å²) < 4.78 is 1.43. The van der Waals surface area contributed by atoms with Crippen LogP contribution in [0.5, 0.6) is 0 Å². The topological polar surface area (TPSA) is 92.1 Å². The monoisotopic (exact) mass is 365 g/mol. The van der Waals surface area contributed by atoms with Crippen molar-refractivity contribution in [3.05, 3.63) is 69.6 Å². The molecule has 0 bridgehead atoms. The minimum Gasteiger partial charge on any atom is -0.326 e. The first kappa shape index (κ1) is 16.2. The summed E-state index contributed by atoms with van der Waals surface area (Å²) in [6.07, 6.45) is -0.00723. The molecule has 0 fully saturated rings. The Kier molecular flexibility index (Phi) is 4.10. The van der Waals surface area contributed by atoms with Crippen LogP contribution in [0, 0.1) is 6.92 Å². The number of fused-ring (bicyclic) bond motifs is 1. The standard InChI is InChI=1S/C18H15N5O2S/c1-11-4-6-12(7-5-11)19-17(24)10-16-20-21-18(25)14-9-13(22-23(14)16)15-3-2-8-26-15/h2-9H,10H2,1H3,(H,19,24)(H,21,25). The van der Waals surface area contributed by atoms with Crippen LogP contribution in [0.2, 0.25) is 0 Å². The quantitative estimate of drug-likeness (QED) is 0.581. The Bertz CT molecular complexity index is 1130. The van der Waals surface area contributed by atoms with Crippen LogP contribution >= 0.6 is 11.3 Å². The number of hydrogen-bond acceptors (Lipinski definition) is 5. The second-order valence-electron chi connectivity index (χ2n) is 5.86. The number of nitrogens with one attached hydrogen (secondary N) is 2. The molecule has 4 rings (SSSR count). The van der Waals surface area contributed by atoms with E-state index >= 15 is 0 Å². The smallest absolute Gasteiger partial charge is 0.290 e. The van der Waals surface area contributed by atoms with Crippen molar-refractivity contribution in [2.75, 3.05) is 5.32 Å². The summed E-state index contributed by atoms with van der Waals surface area (Å²) in [4.78, 5) is 25.3. The first-order valence-corrected chi connectivity index (χ1v) is 8.86. The molecule has 0 saturated heterocycles. The lowest BCUT2D eigenvalue weighted by molar-refractivity contribution is -0.115. The first-order valence-electron chi connectivity index (χ1n) is 7.98. The van der Waals surface area contributed by atoms with Crippen LogP contribution < -0.4 is 10.9 Å². The normalized spacial score (nSPS) is 11.0. The molecule has 26 heavy (non-hydrogen) atoms. The van der Waals surface area contributed by atoms with Crippen LogP contribution in [-0.4, -0.2) is 25.7 Å². The van der Waals surface area contributed by atoms with Crippen molar-refractivity contribution in [3.8, 4) is 10.6 Å². The highest BCUT2D eigenvalue weighted by atomic mass is 32.1. The predicted octanol–water partition coefficient (Wildman–Crippen LogP) is 2.64. The largest absolute Gasteiger partial charge is 0.326 e. The number of carbonyl (C=O) groups is 1. The third-order valence-corrected chi connectivity index (χ3v) is 4.79. The molecule has 3 aromatic heterocycles. The van der Waals surface area contributed by atoms with Gasteiger partial charge in [0.1, 0.15) is 11.2 Å². The van der Waals surface area contributed by atoms with Crippen molar-refractivity contribution in [2.45, 2.75) is 13.3 Å². The molecule has 3 heterocycles. The zero-order valence-electron chi connectivity index (χ0n) is 13.9. The number of thiophene rings is 1. The third kappa shape index (κ3) is 3.14. The van der Waals surface area contributed by atoms with Gasteiger partial charge in [0.2, 0.25) is 5.91 Å².